The van der Waals surface area contributed by atoms with Gasteiger partial charge in [0.2, 0.25) is 11.7 Å². The highest BCUT2D eigenvalue weighted by molar-refractivity contribution is 6.31. The smallest absolute Gasteiger partial charge is 0.263 e. The molecule has 0 saturated carbocycles. The summed E-state index contributed by atoms with van der Waals surface area (Å²) in [5.41, 5.74) is 2.82. The van der Waals surface area contributed by atoms with Crippen LogP contribution in [0.3, 0.4) is 0 Å². The predicted octanol–water partition coefficient (Wildman–Crippen LogP) is 5.86. The molecule has 0 atom stereocenters. The number of halogens is 2. The van der Waals surface area contributed by atoms with Crippen molar-refractivity contribution in [2.75, 3.05) is 18.0 Å². The third kappa shape index (κ3) is 5.47. The van der Waals surface area contributed by atoms with Crippen LogP contribution in [0.5, 0.6) is 0 Å². The molecule has 2 aliphatic rings. The van der Waals surface area contributed by atoms with Crippen LogP contribution >= 0.6 is 23.2 Å². The summed E-state index contributed by atoms with van der Waals surface area (Å²) in [6.07, 6.45) is 11.8. The Balaban J connectivity index is 0.000000229. The number of benzene rings is 2. The monoisotopic (exact) mass is 587 g/mol. The summed E-state index contributed by atoms with van der Waals surface area (Å²) in [6.45, 7) is 2.17. The van der Waals surface area contributed by atoms with E-state index in [1.807, 2.05) is 46.9 Å². The number of aromatic nitrogens is 6. The number of allylic oxidation sites excluding steroid dienone is 1. The molecule has 0 radical (unpaired) electrons. The summed E-state index contributed by atoms with van der Waals surface area (Å²) in [5, 5.41) is 10.6. The lowest BCUT2D eigenvalue weighted by Gasteiger charge is -2.21. The molecule has 0 N–H and O–H groups in total. The summed E-state index contributed by atoms with van der Waals surface area (Å²) in [6, 6.07) is 12.9. The maximum absolute atomic E-state index is 13.4. The molecule has 2 aromatic carbocycles. The van der Waals surface area contributed by atoms with Crippen molar-refractivity contribution < 1.29 is 4.79 Å². The average molecular weight is 588 g/mol. The van der Waals surface area contributed by atoms with Crippen LogP contribution in [-0.4, -0.2) is 48.0 Å². The zero-order chi connectivity index (χ0) is 28.3. The van der Waals surface area contributed by atoms with Crippen molar-refractivity contribution in [3.8, 4) is 0 Å². The van der Waals surface area contributed by atoms with Crippen LogP contribution in [0.1, 0.15) is 53.7 Å². The molecule has 1 aliphatic heterocycles. The van der Waals surface area contributed by atoms with Gasteiger partial charge in [-0.1, -0.05) is 60.3 Å². The van der Waals surface area contributed by atoms with Gasteiger partial charge in [-0.3, -0.25) is 14.2 Å². The molecule has 0 bridgehead atoms. The van der Waals surface area contributed by atoms with Crippen molar-refractivity contribution in [1.29, 1.82) is 0 Å². The molecule has 5 aromatic rings. The summed E-state index contributed by atoms with van der Waals surface area (Å²) in [7, 11) is 0. The lowest BCUT2D eigenvalue weighted by Crippen LogP contribution is -2.28. The Bertz CT molecular complexity index is 1840. The average Bonchev–Trinajstić information content (AvgIpc) is 3.24. The third-order valence-electron chi connectivity index (χ3n) is 7.34. The van der Waals surface area contributed by atoms with Crippen molar-refractivity contribution in [2.24, 2.45) is 0 Å². The van der Waals surface area contributed by atoms with E-state index in [1.54, 1.807) is 22.9 Å². The maximum atomic E-state index is 13.4. The highest BCUT2D eigenvalue weighted by Crippen LogP contribution is 2.25. The van der Waals surface area contributed by atoms with E-state index in [0.717, 1.165) is 48.7 Å². The Morgan fingerprint density at radius 2 is 1.73 bits per heavy atom. The van der Waals surface area contributed by atoms with Crippen LogP contribution in [-0.2, 0) is 6.54 Å². The fourth-order valence-electron chi connectivity index (χ4n) is 5.26. The first-order valence-corrected chi connectivity index (χ1v) is 14.3. The molecule has 0 spiro atoms. The quantitative estimate of drug-likeness (QED) is 0.261. The SMILES string of the molecule is O=C1CC=Cc2ncncc21.O=c1c2cc(Cl)ccc2n2c(N3CCCCCC3)nnc2n1Cc1ccccc1Cl. The van der Waals surface area contributed by atoms with E-state index in [2.05, 4.69) is 25.1 Å². The molecule has 41 heavy (non-hydrogen) atoms. The van der Waals surface area contributed by atoms with Gasteiger partial charge in [-0.15, -0.1) is 10.2 Å². The van der Waals surface area contributed by atoms with E-state index >= 15 is 0 Å². The normalized spacial score (nSPS) is 15.0. The first kappa shape index (κ1) is 27.1. The van der Waals surface area contributed by atoms with Gasteiger partial charge in [0.1, 0.15) is 6.33 Å². The highest BCUT2D eigenvalue weighted by Gasteiger charge is 2.22. The number of hydrogen-bond donors (Lipinski definition) is 0. The number of carbonyl (C=O) groups is 1. The van der Waals surface area contributed by atoms with Crippen molar-refractivity contribution in [1.82, 2.24) is 29.1 Å². The first-order valence-electron chi connectivity index (χ1n) is 13.6. The van der Waals surface area contributed by atoms with Crippen LogP contribution < -0.4 is 10.5 Å². The molecule has 7 rings (SSSR count). The number of anilines is 1. The standard InChI is InChI=1S/C22H21Cl2N5O.C8H6N2O/c23-16-9-10-19-17(13-16)20(30)28(14-15-7-3-4-8-18(15)24)22-26-25-21(29(19)22)27-11-5-1-2-6-12-27;11-8-3-1-2-7-6(8)4-9-5-10-7/h3-4,7-10,13H,1-2,5-6,11-12,14H2;1-2,4-5H,3H2. The van der Waals surface area contributed by atoms with E-state index in [-0.39, 0.29) is 11.3 Å². The molecular weight excluding hydrogens is 561 g/mol. The molecule has 3 aromatic heterocycles. The van der Waals surface area contributed by atoms with Gasteiger partial charge in [0.15, 0.2) is 5.78 Å². The maximum Gasteiger partial charge on any atom is 0.263 e. The van der Waals surface area contributed by atoms with E-state index in [4.69, 9.17) is 23.2 Å². The molecule has 0 amide bonds. The van der Waals surface area contributed by atoms with E-state index in [0.29, 0.717) is 39.7 Å². The van der Waals surface area contributed by atoms with Crippen LogP contribution in [0.4, 0.5) is 5.95 Å². The van der Waals surface area contributed by atoms with Gasteiger partial charge in [-0.2, -0.15) is 0 Å². The van der Waals surface area contributed by atoms with E-state index < -0.39 is 0 Å². The summed E-state index contributed by atoms with van der Waals surface area (Å²) in [4.78, 5) is 34.6. The molecule has 208 valence electrons. The second-order valence-electron chi connectivity index (χ2n) is 10.0. The summed E-state index contributed by atoms with van der Waals surface area (Å²) in [5.74, 6) is 1.38. The van der Waals surface area contributed by atoms with E-state index in [1.165, 1.54) is 19.2 Å². The Morgan fingerprint density at radius 3 is 2.51 bits per heavy atom. The largest absolute Gasteiger partial charge is 0.341 e. The van der Waals surface area contributed by atoms with Gasteiger partial charge >= 0.3 is 0 Å². The number of Topliss-reactive ketones (excluding diaryl/α,β-unsaturated/α-hetero) is 1. The molecule has 1 saturated heterocycles. The zero-order valence-electron chi connectivity index (χ0n) is 22.2. The van der Waals surface area contributed by atoms with Crippen molar-refractivity contribution in [3.63, 3.8) is 0 Å². The predicted molar refractivity (Wildman–Crippen MR) is 161 cm³/mol. The van der Waals surface area contributed by atoms with Crippen LogP contribution in [0.15, 0.2) is 65.9 Å². The van der Waals surface area contributed by atoms with Crippen LogP contribution in [0.25, 0.3) is 22.8 Å². The van der Waals surface area contributed by atoms with Gasteiger partial charge in [-0.05, 0) is 48.7 Å². The Hall–Kier alpha value is -4.08. The molecule has 9 nitrogen and oxygen atoms in total. The second-order valence-corrected chi connectivity index (χ2v) is 10.9. The number of ketones is 1. The number of fused-ring (bicyclic) bond motifs is 4. The van der Waals surface area contributed by atoms with Gasteiger partial charge in [0.05, 0.1) is 28.7 Å². The molecule has 11 heteroatoms. The van der Waals surface area contributed by atoms with Gasteiger partial charge in [-0.25, -0.2) is 14.4 Å². The molecule has 4 heterocycles. The Kier molecular flexibility index (Phi) is 7.80. The highest BCUT2D eigenvalue weighted by atomic mass is 35.5. The van der Waals surface area contributed by atoms with Crippen LogP contribution in [0, 0.1) is 0 Å². The first-order chi connectivity index (χ1) is 20.0. The van der Waals surface area contributed by atoms with Crippen LogP contribution in [0.2, 0.25) is 10.0 Å². The molecular formula is C30H27Cl2N7O2. The number of carbonyl (C=O) groups excluding carboxylic acids is 1. The van der Waals surface area contributed by atoms with Crippen molar-refractivity contribution >= 4 is 57.7 Å². The number of nitrogens with zero attached hydrogens (tertiary/aromatic N) is 7. The lowest BCUT2D eigenvalue weighted by atomic mass is 10.0. The number of hydrogen-bond acceptors (Lipinski definition) is 7. The van der Waals surface area contributed by atoms with Gasteiger partial charge in [0, 0.05) is 35.8 Å². The Labute approximate surface area is 246 Å². The fourth-order valence-corrected chi connectivity index (χ4v) is 5.63. The summed E-state index contributed by atoms with van der Waals surface area (Å²) < 4.78 is 3.61. The molecule has 1 fully saturated rings. The topological polar surface area (TPSA) is 98.3 Å². The fraction of sp³-hybridized carbons (Fsp3) is 0.267. The third-order valence-corrected chi connectivity index (χ3v) is 7.95. The minimum atomic E-state index is -0.158. The van der Waals surface area contributed by atoms with Crippen molar-refractivity contribution in [2.45, 2.75) is 38.6 Å². The Morgan fingerprint density at radius 1 is 0.927 bits per heavy atom. The summed E-state index contributed by atoms with van der Waals surface area (Å²) >= 11 is 12.6. The minimum Gasteiger partial charge on any atom is -0.341 e. The zero-order valence-corrected chi connectivity index (χ0v) is 23.7. The number of rotatable bonds is 3. The lowest BCUT2D eigenvalue weighted by molar-refractivity contribution is 0.0993. The second kappa shape index (κ2) is 11.8. The minimum absolute atomic E-state index is 0.100. The van der Waals surface area contributed by atoms with Gasteiger partial charge < -0.3 is 4.90 Å². The van der Waals surface area contributed by atoms with Crippen molar-refractivity contribution in [3.05, 3.63) is 98.3 Å². The van der Waals surface area contributed by atoms with Gasteiger partial charge in [0.25, 0.3) is 5.56 Å². The molecule has 0 unspecified atom stereocenters. The molecule has 1 aliphatic carbocycles. The van der Waals surface area contributed by atoms with E-state index in [9.17, 15) is 9.59 Å².